The molecule has 7 heteroatoms. The van der Waals surface area contributed by atoms with Crippen LogP contribution in [0.15, 0.2) is 5.11 Å². The van der Waals surface area contributed by atoms with E-state index in [2.05, 4.69) is 15.3 Å². The summed E-state index contributed by atoms with van der Waals surface area (Å²) in [4.78, 5) is 26.5. The molecular formula is C9H15N5O2. The predicted octanol–water partition coefficient (Wildman–Crippen LogP) is 0.422. The summed E-state index contributed by atoms with van der Waals surface area (Å²) in [6, 6.07) is -0.560. The van der Waals surface area contributed by atoms with Gasteiger partial charge in [-0.2, -0.15) is 0 Å². The second kappa shape index (κ2) is 5.37. The molecule has 88 valence electrons. The van der Waals surface area contributed by atoms with Crippen LogP contribution < -0.4 is 5.32 Å². The van der Waals surface area contributed by atoms with Gasteiger partial charge in [0, 0.05) is 37.9 Å². The number of rotatable bonds is 2. The van der Waals surface area contributed by atoms with Gasteiger partial charge in [-0.3, -0.25) is 9.59 Å². The number of likely N-dealkylation sites (tertiary alicyclic amines) is 1. The van der Waals surface area contributed by atoms with Crippen molar-refractivity contribution < 1.29 is 9.59 Å². The van der Waals surface area contributed by atoms with Gasteiger partial charge in [0.15, 0.2) is 0 Å². The minimum Gasteiger partial charge on any atom is -0.353 e. The van der Waals surface area contributed by atoms with Gasteiger partial charge in [0.2, 0.25) is 11.8 Å². The van der Waals surface area contributed by atoms with Crippen molar-refractivity contribution in [2.45, 2.75) is 32.4 Å². The summed E-state index contributed by atoms with van der Waals surface area (Å²) in [5.41, 5.74) is 8.44. The number of carbonyl (C=O) groups excluding carboxylic acids is 2. The number of hydrogen-bond acceptors (Lipinski definition) is 3. The second-order valence-corrected chi connectivity index (χ2v) is 3.83. The maximum absolute atomic E-state index is 11.2. The average Bonchev–Trinajstić information content (AvgIpc) is 2.20. The number of nitrogens with zero attached hydrogens (tertiary/aromatic N) is 4. The van der Waals surface area contributed by atoms with Gasteiger partial charge in [-0.05, 0) is 12.0 Å². The fourth-order valence-corrected chi connectivity index (χ4v) is 1.83. The van der Waals surface area contributed by atoms with E-state index < -0.39 is 0 Å². The molecule has 2 atom stereocenters. The lowest BCUT2D eigenvalue weighted by molar-refractivity contribution is -0.130. The van der Waals surface area contributed by atoms with E-state index in [0.29, 0.717) is 19.5 Å². The Labute approximate surface area is 93.4 Å². The highest BCUT2D eigenvalue weighted by atomic mass is 16.2. The molecule has 1 aliphatic heterocycles. The van der Waals surface area contributed by atoms with E-state index in [4.69, 9.17) is 5.53 Å². The van der Waals surface area contributed by atoms with Gasteiger partial charge in [-0.15, -0.1) is 0 Å². The van der Waals surface area contributed by atoms with Crippen LogP contribution in [0.4, 0.5) is 0 Å². The fourth-order valence-electron chi connectivity index (χ4n) is 1.83. The molecule has 16 heavy (non-hydrogen) atoms. The third-order valence-corrected chi connectivity index (χ3v) is 2.62. The number of carbonyl (C=O) groups is 2. The Morgan fingerprint density at radius 2 is 2.19 bits per heavy atom. The Morgan fingerprint density at radius 3 is 2.69 bits per heavy atom. The molecule has 1 fully saturated rings. The number of nitrogens with one attached hydrogen (secondary N) is 1. The van der Waals surface area contributed by atoms with Crippen LogP contribution in [0.25, 0.3) is 10.4 Å². The lowest BCUT2D eigenvalue weighted by Gasteiger charge is -2.36. The smallest absolute Gasteiger partial charge is 0.219 e. The largest absolute Gasteiger partial charge is 0.353 e. The Balaban J connectivity index is 2.70. The SMILES string of the molecule is CC(=O)NC1CCN(C(C)=O)CC1N=[N+]=[N-]. The van der Waals surface area contributed by atoms with Crippen LogP contribution in [0.5, 0.6) is 0 Å². The summed E-state index contributed by atoms with van der Waals surface area (Å²) in [5.74, 6) is -0.196. The monoisotopic (exact) mass is 225 g/mol. The first-order valence-corrected chi connectivity index (χ1v) is 5.11. The van der Waals surface area contributed by atoms with E-state index in [-0.39, 0.29) is 23.9 Å². The molecule has 0 aromatic rings. The molecule has 0 aromatic carbocycles. The number of piperidine rings is 1. The lowest BCUT2D eigenvalue weighted by atomic mass is 10.00. The fraction of sp³-hybridized carbons (Fsp3) is 0.778. The van der Waals surface area contributed by atoms with Crippen molar-refractivity contribution in [1.82, 2.24) is 10.2 Å². The summed E-state index contributed by atoms with van der Waals surface area (Å²) in [5, 5.41) is 6.36. The Bertz CT molecular complexity index is 337. The average molecular weight is 225 g/mol. The van der Waals surface area contributed by atoms with Crippen LogP contribution >= 0.6 is 0 Å². The van der Waals surface area contributed by atoms with Crippen molar-refractivity contribution in [2.24, 2.45) is 5.11 Å². The molecule has 1 saturated heterocycles. The number of azide groups is 1. The minimum atomic E-state index is -0.383. The van der Waals surface area contributed by atoms with Gasteiger partial charge in [-0.25, -0.2) is 0 Å². The Hall–Kier alpha value is -1.75. The van der Waals surface area contributed by atoms with Gasteiger partial charge in [0.1, 0.15) is 0 Å². The topological polar surface area (TPSA) is 98.2 Å². The molecule has 1 N–H and O–H groups in total. The molecule has 0 radical (unpaired) electrons. The van der Waals surface area contributed by atoms with Crippen LogP contribution in [0.2, 0.25) is 0 Å². The highest BCUT2D eigenvalue weighted by molar-refractivity contribution is 5.74. The van der Waals surface area contributed by atoms with Crippen molar-refractivity contribution in [2.75, 3.05) is 13.1 Å². The zero-order valence-corrected chi connectivity index (χ0v) is 9.38. The van der Waals surface area contributed by atoms with Crippen LogP contribution in [0.1, 0.15) is 20.3 Å². The van der Waals surface area contributed by atoms with Gasteiger partial charge in [0.05, 0.1) is 6.04 Å². The van der Waals surface area contributed by atoms with Crippen molar-refractivity contribution in [3.8, 4) is 0 Å². The minimum absolute atomic E-state index is 0.0422. The van der Waals surface area contributed by atoms with E-state index in [1.807, 2.05) is 0 Å². The van der Waals surface area contributed by atoms with Crippen molar-refractivity contribution in [1.29, 1.82) is 0 Å². The zero-order chi connectivity index (χ0) is 12.1. The highest BCUT2D eigenvalue weighted by Gasteiger charge is 2.29. The summed E-state index contributed by atoms with van der Waals surface area (Å²) in [7, 11) is 0. The molecule has 0 aliphatic carbocycles. The molecule has 1 rings (SSSR count). The van der Waals surface area contributed by atoms with E-state index >= 15 is 0 Å². The molecule has 1 heterocycles. The predicted molar refractivity (Wildman–Crippen MR) is 57.4 cm³/mol. The second-order valence-electron chi connectivity index (χ2n) is 3.83. The van der Waals surface area contributed by atoms with Gasteiger partial charge >= 0.3 is 0 Å². The number of amides is 2. The van der Waals surface area contributed by atoms with Crippen molar-refractivity contribution in [3.63, 3.8) is 0 Å². The van der Waals surface area contributed by atoms with E-state index in [0.717, 1.165) is 0 Å². The molecule has 2 amide bonds. The first-order valence-electron chi connectivity index (χ1n) is 5.11. The van der Waals surface area contributed by atoms with E-state index in [1.165, 1.54) is 13.8 Å². The van der Waals surface area contributed by atoms with Crippen molar-refractivity contribution >= 4 is 11.8 Å². The standard InChI is InChI=1S/C9H15N5O2/c1-6(15)11-8-3-4-14(7(2)16)5-9(8)12-13-10/h8-9H,3-5H2,1-2H3,(H,11,15). The number of hydrogen-bond donors (Lipinski definition) is 1. The molecule has 0 spiro atoms. The molecule has 0 aromatic heterocycles. The van der Waals surface area contributed by atoms with Gasteiger partial charge < -0.3 is 10.2 Å². The molecule has 0 saturated carbocycles. The molecule has 1 aliphatic rings. The summed E-state index contributed by atoms with van der Waals surface area (Å²) in [6.07, 6.45) is 0.614. The van der Waals surface area contributed by atoms with Crippen molar-refractivity contribution in [3.05, 3.63) is 10.4 Å². The lowest BCUT2D eigenvalue weighted by Crippen LogP contribution is -2.53. The highest BCUT2D eigenvalue weighted by Crippen LogP contribution is 2.14. The Kier molecular flexibility index (Phi) is 4.13. The first kappa shape index (κ1) is 12.3. The van der Waals surface area contributed by atoms with Gasteiger partial charge in [-0.1, -0.05) is 5.11 Å². The van der Waals surface area contributed by atoms with Gasteiger partial charge in [0.25, 0.3) is 0 Å². The quantitative estimate of drug-likeness (QED) is 0.418. The maximum Gasteiger partial charge on any atom is 0.219 e. The maximum atomic E-state index is 11.2. The summed E-state index contributed by atoms with van der Waals surface area (Å²) in [6.45, 7) is 3.85. The molecule has 7 nitrogen and oxygen atoms in total. The first-order chi connectivity index (χ1) is 7.54. The summed E-state index contributed by atoms with van der Waals surface area (Å²) < 4.78 is 0. The van der Waals surface area contributed by atoms with E-state index in [1.54, 1.807) is 4.90 Å². The summed E-state index contributed by atoms with van der Waals surface area (Å²) >= 11 is 0. The zero-order valence-electron chi connectivity index (χ0n) is 9.38. The third-order valence-electron chi connectivity index (χ3n) is 2.62. The van der Waals surface area contributed by atoms with Crippen LogP contribution in [-0.4, -0.2) is 41.9 Å². The van der Waals surface area contributed by atoms with Crippen LogP contribution in [-0.2, 0) is 9.59 Å². The molecule has 0 bridgehead atoms. The van der Waals surface area contributed by atoms with E-state index in [9.17, 15) is 9.59 Å². The molecular weight excluding hydrogens is 210 g/mol. The Morgan fingerprint density at radius 1 is 1.50 bits per heavy atom. The van der Waals surface area contributed by atoms with Crippen LogP contribution in [0.3, 0.4) is 0 Å². The normalized spacial score (nSPS) is 24.5. The molecule has 2 unspecified atom stereocenters. The third kappa shape index (κ3) is 3.13. The van der Waals surface area contributed by atoms with Crippen LogP contribution in [0, 0.1) is 0 Å².